The van der Waals surface area contributed by atoms with E-state index in [2.05, 4.69) is 30.8 Å². The molecule has 0 aromatic heterocycles. The normalized spacial score (nSPS) is 13.7. The van der Waals surface area contributed by atoms with Crippen molar-refractivity contribution in [1.82, 2.24) is 0 Å². The molecule has 152 valence electrons. The molecule has 1 atom stereocenters. The largest absolute Gasteiger partial charge is 0.546 e. The highest BCUT2D eigenvalue weighted by Crippen LogP contribution is 2.38. The molecule has 0 rings (SSSR count). The maximum atomic E-state index is 11.7. The highest BCUT2D eigenvalue weighted by atomic mass is 28.4. The van der Waals surface area contributed by atoms with Crippen molar-refractivity contribution in [2.24, 2.45) is 5.11 Å². The molecule has 0 aliphatic heterocycles. The van der Waals surface area contributed by atoms with Crippen molar-refractivity contribution < 1.29 is 23.5 Å². The highest BCUT2D eigenvalue weighted by Gasteiger charge is 2.40. The molecule has 0 amide bonds. The SMILES string of the molecule is CCOC(=O)/C=C/C(N=[N+]=[N-])/C(=C/CC(=O)OCC)O[Si](C)(C)C(C)(C)C. The van der Waals surface area contributed by atoms with E-state index in [-0.39, 0.29) is 24.7 Å². The number of carbonyl (C=O) groups is 2. The summed E-state index contributed by atoms with van der Waals surface area (Å²) in [5.41, 5.74) is 8.92. The third kappa shape index (κ3) is 9.30. The molecule has 0 heterocycles. The molecule has 0 bridgehead atoms. The molecule has 0 aliphatic rings. The molecule has 0 saturated carbocycles. The quantitative estimate of drug-likeness (QED) is 0.101. The minimum Gasteiger partial charge on any atom is -0.546 e. The van der Waals surface area contributed by atoms with Crippen molar-refractivity contribution in [3.8, 4) is 0 Å². The van der Waals surface area contributed by atoms with Gasteiger partial charge in [-0.05, 0) is 43.6 Å². The van der Waals surface area contributed by atoms with Gasteiger partial charge in [-0.2, -0.15) is 0 Å². The summed E-state index contributed by atoms with van der Waals surface area (Å²) in [5, 5.41) is 3.60. The minimum absolute atomic E-state index is 0.0253. The summed E-state index contributed by atoms with van der Waals surface area (Å²) < 4.78 is 16.0. The maximum absolute atomic E-state index is 11.7. The number of carbonyl (C=O) groups excluding carboxylic acids is 2. The molecule has 0 saturated heterocycles. The van der Waals surface area contributed by atoms with Crippen LogP contribution in [0.3, 0.4) is 0 Å². The van der Waals surface area contributed by atoms with Crippen LogP contribution in [0.25, 0.3) is 10.4 Å². The van der Waals surface area contributed by atoms with E-state index < -0.39 is 26.3 Å². The number of esters is 2. The Labute approximate surface area is 162 Å². The highest BCUT2D eigenvalue weighted by molar-refractivity contribution is 6.74. The van der Waals surface area contributed by atoms with Gasteiger partial charge in [0.2, 0.25) is 8.32 Å². The fourth-order valence-electron chi connectivity index (χ4n) is 1.68. The zero-order valence-electron chi connectivity index (χ0n) is 17.3. The van der Waals surface area contributed by atoms with E-state index in [1.54, 1.807) is 19.9 Å². The Bertz CT molecular complexity index is 617. The fourth-order valence-corrected chi connectivity index (χ4v) is 2.78. The summed E-state index contributed by atoms with van der Waals surface area (Å²) in [5.74, 6) is -0.636. The smallest absolute Gasteiger partial charge is 0.330 e. The molecule has 0 spiro atoms. The van der Waals surface area contributed by atoms with E-state index in [0.717, 1.165) is 0 Å². The Hall–Kier alpha value is -2.25. The summed E-state index contributed by atoms with van der Waals surface area (Å²) in [6, 6.07) is -0.872. The van der Waals surface area contributed by atoms with Gasteiger partial charge in [0, 0.05) is 11.0 Å². The molecule has 0 aliphatic carbocycles. The molecule has 27 heavy (non-hydrogen) atoms. The van der Waals surface area contributed by atoms with E-state index in [4.69, 9.17) is 19.4 Å². The minimum atomic E-state index is -2.28. The Morgan fingerprint density at radius 1 is 1.19 bits per heavy atom. The number of rotatable bonds is 10. The van der Waals surface area contributed by atoms with Crippen LogP contribution in [0.5, 0.6) is 0 Å². The predicted octanol–water partition coefficient (Wildman–Crippen LogP) is 4.64. The molecule has 0 N–H and O–H groups in total. The summed E-state index contributed by atoms with van der Waals surface area (Å²) in [6.45, 7) is 14.2. The van der Waals surface area contributed by atoms with Crippen LogP contribution in [0.15, 0.2) is 29.1 Å². The van der Waals surface area contributed by atoms with Crippen LogP contribution >= 0.6 is 0 Å². The monoisotopic (exact) mass is 397 g/mol. The van der Waals surface area contributed by atoms with Crippen LogP contribution in [0, 0.1) is 0 Å². The van der Waals surface area contributed by atoms with Crippen molar-refractivity contribution >= 4 is 20.3 Å². The van der Waals surface area contributed by atoms with Crippen LogP contribution in [-0.2, 0) is 23.5 Å². The second-order valence-electron chi connectivity index (χ2n) is 7.24. The first-order chi connectivity index (χ1) is 12.5. The van der Waals surface area contributed by atoms with Crippen LogP contribution in [0.2, 0.25) is 18.1 Å². The Kier molecular flexibility index (Phi) is 10.5. The topological polar surface area (TPSA) is 111 Å². The number of hydrogen-bond acceptors (Lipinski definition) is 6. The average molecular weight is 398 g/mol. The lowest BCUT2D eigenvalue weighted by Crippen LogP contribution is -2.41. The van der Waals surface area contributed by atoms with Crippen LogP contribution < -0.4 is 0 Å². The van der Waals surface area contributed by atoms with E-state index in [1.165, 1.54) is 12.2 Å². The molecule has 0 aromatic carbocycles. The zero-order valence-corrected chi connectivity index (χ0v) is 18.3. The predicted molar refractivity (Wildman–Crippen MR) is 106 cm³/mol. The van der Waals surface area contributed by atoms with Gasteiger partial charge in [-0.15, -0.1) is 0 Å². The van der Waals surface area contributed by atoms with Gasteiger partial charge in [-0.1, -0.05) is 32.0 Å². The van der Waals surface area contributed by atoms with Gasteiger partial charge < -0.3 is 13.9 Å². The number of hydrogen-bond donors (Lipinski definition) is 0. The standard InChI is InChI=1S/C18H31N3O5Si/c1-8-24-16(22)12-10-14(20-21-19)15(11-13-17(23)25-9-2)26-27(6,7)18(3,4)5/h10-12,14H,8-9,13H2,1-7H3/b12-10+,15-11-. The van der Waals surface area contributed by atoms with Crippen LogP contribution in [-0.4, -0.2) is 39.5 Å². The lowest BCUT2D eigenvalue weighted by Gasteiger charge is -2.38. The van der Waals surface area contributed by atoms with E-state index in [1.807, 2.05) is 13.1 Å². The van der Waals surface area contributed by atoms with E-state index in [9.17, 15) is 9.59 Å². The van der Waals surface area contributed by atoms with Crippen molar-refractivity contribution in [3.05, 3.63) is 34.4 Å². The van der Waals surface area contributed by atoms with Crippen LogP contribution in [0.1, 0.15) is 41.0 Å². The lowest BCUT2D eigenvalue weighted by molar-refractivity contribution is -0.142. The van der Waals surface area contributed by atoms with Gasteiger partial charge in [-0.25, -0.2) is 4.79 Å². The second kappa shape index (κ2) is 11.5. The Morgan fingerprint density at radius 2 is 1.78 bits per heavy atom. The molecule has 0 fully saturated rings. The second-order valence-corrected chi connectivity index (χ2v) is 12.0. The van der Waals surface area contributed by atoms with E-state index >= 15 is 0 Å². The summed E-state index contributed by atoms with van der Waals surface area (Å²) in [7, 11) is -2.28. The third-order valence-electron chi connectivity index (χ3n) is 4.12. The first kappa shape index (κ1) is 24.7. The Balaban J connectivity index is 5.80. The van der Waals surface area contributed by atoms with Gasteiger partial charge in [-0.3, -0.25) is 4.79 Å². The summed E-state index contributed by atoms with van der Waals surface area (Å²) >= 11 is 0. The first-order valence-electron chi connectivity index (χ1n) is 8.92. The number of azide groups is 1. The molecular weight excluding hydrogens is 366 g/mol. The summed E-state index contributed by atoms with van der Waals surface area (Å²) in [4.78, 5) is 26.2. The average Bonchev–Trinajstić information content (AvgIpc) is 2.55. The third-order valence-corrected chi connectivity index (χ3v) is 8.48. The molecular formula is C18H31N3O5Si. The van der Waals surface area contributed by atoms with Gasteiger partial charge >= 0.3 is 11.9 Å². The molecule has 0 aromatic rings. The van der Waals surface area contributed by atoms with Gasteiger partial charge in [0.15, 0.2) is 0 Å². The van der Waals surface area contributed by atoms with Gasteiger partial charge in [0.05, 0.1) is 25.4 Å². The lowest BCUT2D eigenvalue weighted by atomic mass is 10.2. The summed E-state index contributed by atoms with van der Waals surface area (Å²) in [6.07, 6.45) is 4.12. The van der Waals surface area contributed by atoms with E-state index in [0.29, 0.717) is 5.76 Å². The van der Waals surface area contributed by atoms with Gasteiger partial charge in [0.1, 0.15) is 6.04 Å². The zero-order chi connectivity index (χ0) is 21.1. The molecule has 8 nitrogen and oxygen atoms in total. The number of nitrogens with zero attached hydrogens (tertiary/aromatic N) is 3. The van der Waals surface area contributed by atoms with Crippen molar-refractivity contribution in [3.63, 3.8) is 0 Å². The first-order valence-corrected chi connectivity index (χ1v) is 11.8. The molecule has 9 heteroatoms. The van der Waals surface area contributed by atoms with Crippen molar-refractivity contribution in [1.29, 1.82) is 0 Å². The van der Waals surface area contributed by atoms with Crippen LogP contribution in [0.4, 0.5) is 0 Å². The fraction of sp³-hybridized carbons (Fsp3) is 0.667. The number of ether oxygens (including phenoxy) is 2. The molecule has 0 radical (unpaired) electrons. The van der Waals surface area contributed by atoms with Crippen molar-refractivity contribution in [2.75, 3.05) is 13.2 Å². The molecule has 1 unspecified atom stereocenters. The Morgan fingerprint density at radius 3 is 2.26 bits per heavy atom. The van der Waals surface area contributed by atoms with Crippen molar-refractivity contribution in [2.45, 2.75) is 65.2 Å². The maximum Gasteiger partial charge on any atom is 0.330 e. The van der Waals surface area contributed by atoms with Gasteiger partial charge in [0.25, 0.3) is 0 Å².